The molecule has 1 rings (SSSR count). The van der Waals surface area contributed by atoms with Crippen LogP contribution in [0.15, 0.2) is 0 Å². The third kappa shape index (κ3) is 2.54. The van der Waals surface area contributed by atoms with E-state index in [2.05, 4.69) is 0 Å². The minimum Gasteiger partial charge on any atom is -0.379 e. The van der Waals surface area contributed by atoms with Crippen LogP contribution in [-0.2, 0) is 15.7 Å². The van der Waals surface area contributed by atoms with E-state index in [1.807, 2.05) is 25.1 Å². The summed E-state index contributed by atoms with van der Waals surface area (Å²) in [5.74, 6) is 0. The van der Waals surface area contributed by atoms with Gasteiger partial charge >= 0.3 is 0 Å². The zero-order chi connectivity index (χ0) is 9.19. The molecule has 3 nitrogen and oxygen atoms in total. The van der Waals surface area contributed by atoms with E-state index in [-0.39, 0.29) is 4.75 Å². The normalized spacial score (nSPS) is 23.9. The van der Waals surface area contributed by atoms with Crippen LogP contribution in [0.5, 0.6) is 0 Å². The Bertz CT molecular complexity index is 170. The number of hydrogen-bond donors (Lipinski definition) is 0. The predicted octanol–water partition coefficient (Wildman–Crippen LogP) is 0.781. The van der Waals surface area contributed by atoms with Crippen molar-refractivity contribution in [3.05, 3.63) is 0 Å². The molecule has 1 atom stereocenters. The van der Waals surface area contributed by atoms with E-state index < -0.39 is 11.0 Å². The van der Waals surface area contributed by atoms with E-state index in [4.69, 9.17) is 4.74 Å². The van der Waals surface area contributed by atoms with Gasteiger partial charge in [-0.3, -0.25) is 0 Å². The molecule has 0 aromatic rings. The molecule has 1 unspecified atom stereocenters. The van der Waals surface area contributed by atoms with Crippen molar-refractivity contribution in [2.75, 3.05) is 26.3 Å². The van der Waals surface area contributed by atoms with Gasteiger partial charge in [0.25, 0.3) is 0 Å². The van der Waals surface area contributed by atoms with Crippen molar-refractivity contribution < 1.29 is 8.95 Å². The maximum absolute atomic E-state index is 11.8. The van der Waals surface area contributed by atoms with Gasteiger partial charge in [0.05, 0.1) is 28.9 Å². The Morgan fingerprint density at radius 2 is 1.75 bits per heavy atom. The fraction of sp³-hybridized carbons (Fsp3) is 1.00. The standard InChI is InChI=1S/C8H17NO2S/c1-8(2,3)12(10)9-4-6-11-7-5-9/h4-7H2,1-3H3. The fourth-order valence-corrected chi connectivity index (χ4v) is 2.36. The zero-order valence-corrected chi connectivity index (χ0v) is 8.82. The highest BCUT2D eigenvalue weighted by Gasteiger charge is 2.27. The quantitative estimate of drug-likeness (QED) is 0.613. The highest BCUT2D eigenvalue weighted by Crippen LogP contribution is 2.16. The van der Waals surface area contributed by atoms with E-state index in [1.54, 1.807) is 0 Å². The first kappa shape index (κ1) is 10.2. The molecule has 1 aliphatic rings. The van der Waals surface area contributed by atoms with Gasteiger partial charge in [0.1, 0.15) is 0 Å². The topological polar surface area (TPSA) is 29.5 Å². The average molecular weight is 191 g/mol. The summed E-state index contributed by atoms with van der Waals surface area (Å²) in [6.07, 6.45) is 0. The van der Waals surface area contributed by atoms with Crippen LogP contribution in [0.25, 0.3) is 0 Å². The number of ether oxygens (including phenoxy) is 1. The van der Waals surface area contributed by atoms with E-state index in [0.717, 1.165) is 13.1 Å². The Morgan fingerprint density at radius 3 is 2.17 bits per heavy atom. The second kappa shape index (κ2) is 3.85. The maximum atomic E-state index is 11.8. The van der Waals surface area contributed by atoms with Gasteiger partial charge in [0.15, 0.2) is 0 Å². The SMILES string of the molecule is CC(C)(C)S(=O)N1CCOCC1. The molecule has 0 radical (unpaired) electrons. The highest BCUT2D eigenvalue weighted by molar-refractivity contribution is 7.84. The highest BCUT2D eigenvalue weighted by atomic mass is 32.2. The molecule has 1 saturated heterocycles. The Labute approximate surface area is 76.7 Å². The fourth-order valence-electron chi connectivity index (χ4n) is 1.10. The van der Waals surface area contributed by atoms with Crippen molar-refractivity contribution in [1.29, 1.82) is 0 Å². The predicted molar refractivity (Wildman–Crippen MR) is 50.3 cm³/mol. The summed E-state index contributed by atoms with van der Waals surface area (Å²) in [5.41, 5.74) is 0. The van der Waals surface area contributed by atoms with Crippen molar-refractivity contribution in [3.8, 4) is 0 Å². The van der Waals surface area contributed by atoms with Crippen molar-refractivity contribution in [1.82, 2.24) is 4.31 Å². The van der Waals surface area contributed by atoms with Crippen LogP contribution < -0.4 is 0 Å². The number of rotatable bonds is 1. The number of morpholine rings is 1. The molecule has 0 amide bonds. The first-order chi connectivity index (χ1) is 5.52. The minimum atomic E-state index is -0.870. The molecule has 0 aliphatic carbocycles. The van der Waals surface area contributed by atoms with Crippen LogP contribution in [0.4, 0.5) is 0 Å². The molecule has 0 aromatic heterocycles. The van der Waals surface area contributed by atoms with Crippen molar-refractivity contribution in [3.63, 3.8) is 0 Å². The Kier molecular flexibility index (Phi) is 3.26. The molecular formula is C8H17NO2S. The van der Waals surface area contributed by atoms with Crippen molar-refractivity contribution in [2.45, 2.75) is 25.5 Å². The molecule has 12 heavy (non-hydrogen) atoms. The lowest BCUT2D eigenvalue weighted by atomic mass is 10.3. The van der Waals surface area contributed by atoms with E-state index in [0.29, 0.717) is 13.2 Å². The first-order valence-corrected chi connectivity index (χ1v) is 5.37. The lowest BCUT2D eigenvalue weighted by Crippen LogP contribution is -2.43. The van der Waals surface area contributed by atoms with Gasteiger partial charge in [-0.1, -0.05) is 0 Å². The minimum absolute atomic E-state index is 0.142. The molecule has 4 heteroatoms. The molecule has 0 N–H and O–H groups in total. The largest absolute Gasteiger partial charge is 0.379 e. The second-order valence-electron chi connectivity index (χ2n) is 3.90. The smallest absolute Gasteiger partial charge is 0.0998 e. The van der Waals surface area contributed by atoms with Crippen LogP contribution >= 0.6 is 0 Å². The molecule has 0 aromatic carbocycles. The zero-order valence-electron chi connectivity index (χ0n) is 8.00. The van der Waals surface area contributed by atoms with E-state index in [9.17, 15) is 4.21 Å². The summed E-state index contributed by atoms with van der Waals surface area (Å²) in [7, 11) is -0.870. The summed E-state index contributed by atoms with van der Waals surface area (Å²) in [4.78, 5) is 0. The monoisotopic (exact) mass is 191 g/mol. The lowest BCUT2D eigenvalue weighted by Gasteiger charge is -2.31. The Hall–Kier alpha value is 0.0700. The van der Waals surface area contributed by atoms with Gasteiger partial charge in [-0.2, -0.15) is 0 Å². The molecule has 0 bridgehead atoms. The lowest BCUT2D eigenvalue weighted by molar-refractivity contribution is 0.0745. The first-order valence-electron chi connectivity index (χ1n) is 4.26. The summed E-state index contributed by atoms with van der Waals surface area (Å²) in [5, 5.41) is 0. The van der Waals surface area contributed by atoms with Crippen LogP contribution in [0.3, 0.4) is 0 Å². The van der Waals surface area contributed by atoms with Crippen molar-refractivity contribution >= 4 is 11.0 Å². The molecule has 72 valence electrons. The van der Waals surface area contributed by atoms with Crippen LogP contribution in [0.2, 0.25) is 0 Å². The Morgan fingerprint density at radius 1 is 1.25 bits per heavy atom. The molecule has 1 heterocycles. The van der Waals surface area contributed by atoms with Gasteiger partial charge in [0.2, 0.25) is 0 Å². The van der Waals surface area contributed by atoms with Gasteiger partial charge < -0.3 is 4.74 Å². The van der Waals surface area contributed by atoms with Gasteiger partial charge in [0, 0.05) is 13.1 Å². The van der Waals surface area contributed by atoms with E-state index >= 15 is 0 Å². The maximum Gasteiger partial charge on any atom is 0.0998 e. The number of nitrogens with zero attached hydrogens (tertiary/aromatic N) is 1. The molecule has 1 fully saturated rings. The third-order valence-corrected chi connectivity index (χ3v) is 3.61. The average Bonchev–Trinajstić information content (AvgIpc) is 2.03. The number of hydrogen-bond acceptors (Lipinski definition) is 2. The molecule has 1 aliphatic heterocycles. The summed E-state index contributed by atoms with van der Waals surface area (Å²) < 4.78 is 18.8. The van der Waals surface area contributed by atoms with Gasteiger partial charge in [-0.05, 0) is 20.8 Å². The molecule has 0 saturated carbocycles. The van der Waals surface area contributed by atoms with Gasteiger partial charge in [-0.15, -0.1) is 0 Å². The molecule has 0 spiro atoms. The van der Waals surface area contributed by atoms with Crippen LogP contribution in [-0.4, -0.2) is 39.6 Å². The van der Waals surface area contributed by atoms with Crippen molar-refractivity contribution in [2.24, 2.45) is 0 Å². The summed E-state index contributed by atoms with van der Waals surface area (Å²) >= 11 is 0. The van der Waals surface area contributed by atoms with Gasteiger partial charge in [-0.25, -0.2) is 8.51 Å². The van der Waals surface area contributed by atoms with E-state index in [1.165, 1.54) is 0 Å². The third-order valence-electron chi connectivity index (χ3n) is 1.73. The molecular weight excluding hydrogens is 174 g/mol. The summed E-state index contributed by atoms with van der Waals surface area (Å²) in [6, 6.07) is 0. The Balaban J connectivity index is 2.51. The second-order valence-corrected chi connectivity index (χ2v) is 6.14. The van der Waals surface area contributed by atoms with Crippen LogP contribution in [0.1, 0.15) is 20.8 Å². The summed E-state index contributed by atoms with van der Waals surface area (Å²) in [6.45, 7) is 9.01. The van der Waals surface area contributed by atoms with Crippen LogP contribution in [0, 0.1) is 0 Å².